The van der Waals surface area contributed by atoms with Crippen LogP contribution in [0.1, 0.15) is 25.3 Å². The zero-order chi connectivity index (χ0) is 23.4. The van der Waals surface area contributed by atoms with Crippen LogP contribution in [-0.2, 0) is 6.18 Å². The molecule has 0 aliphatic carbocycles. The maximum Gasteiger partial charge on any atom is 0.416 e. The third kappa shape index (κ3) is 5.79. The molecule has 0 bridgehead atoms. The second-order valence-electron chi connectivity index (χ2n) is 8.18. The maximum atomic E-state index is 12.7. The zero-order valence-electron chi connectivity index (χ0n) is 18.1. The van der Waals surface area contributed by atoms with E-state index in [0.29, 0.717) is 11.4 Å². The summed E-state index contributed by atoms with van der Waals surface area (Å²) in [5.74, 6) is 1.59. The largest absolute Gasteiger partial charge is 0.416 e. The molecule has 0 radical (unpaired) electrons. The normalized spacial score (nSPS) is 14.7. The number of nitrogens with zero attached hydrogens (tertiary/aromatic N) is 3. The molecule has 2 aromatic carbocycles. The smallest absolute Gasteiger partial charge is 0.355 e. The molecule has 0 saturated carbocycles. The Bertz CT molecular complexity index is 1090. The first kappa shape index (κ1) is 22.6. The van der Waals surface area contributed by atoms with Gasteiger partial charge in [-0.15, -0.1) is 10.2 Å². The van der Waals surface area contributed by atoms with Crippen LogP contribution in [0.4, 0.5) is 35.2 Å². The predicted molar refractivity (Wildman–Crippen MR) is 122 cm³/mol. The van der Waals surface area contributed by atoms with Crippen LogP contribution in [0.5, 0.6) is 0 Å². The molecule has 0 spiro atoms. The Morgan fingerprint density at radius 2 is 1.64 bits per heavy atom. The fourth-order valence-electron chi connectivity index (χ4n) is 3.68. The molecular weight excluding hydrogens is 431 g/mol. The highest BCUT2D eigenvalue weighted by molar-refractivity contribution is 6.00. The van der Waals surface area contributed by atoms with Crippen molar-refractivity contribution < 1.29 is 18.0 Å². The van der Waals surface area contributed by atoms with Gasteiger partial charge in [-0.2, -0.15) is 13.2 Å². The minimum absolute atomic E-state index is 0.255. The number of benzene rings is 2. The summed E-state index contributed by atoms with van der Waals surface area (Å²) in [6, 6.07) is 14.7. The number of piperidine rings is 1. The lowest BCUT2D eigenvalue weighted by Crippen LogP contribution is -2.33. The lowest BCUT2D eigenvalue weighted by Gasteiger charge is -2.30. The minimum Gasteiger partial charge on any atom is -0.355 e. The van der Waals surface area contributed by atoms with Gasteiger partial charge in [-0.3, -0.25) is 0 Å². The highest BCUT2D eigenvalue weighted by atomic mass is 19.4. The van der Waals surface area contributed by atoms with Crippen LogP contribution in [0, 0.1) is 5.92 Å². The van der Waals surface area contributed by atoms with E-state index in [2.05, 4.69) is 32.7 Å². The van der Waals surface area contributed by atoms with E-state index in [0.717, 1.165) is 55.4 Å². The summed E-state index contributed by atoms with van der Waals surface area (Å²) in [5, 5.41) is 13.9. The summed E-state index contributed by atoms with van der Waals surface area (Å²) in [6.07, 6.45) is -2.13. The van der Waals surface area contributed by atoms with E-state index in [1.165, 1.54) is 12.1 Å². The number of hydrogen-bond acceptors (Lipinski definition) is 4. The van der Waals surface area contributed by atoms with Crippen molar-refractivity contribution >= 4 is 23.2 Å². The first-order chi connectivity index (χ1) is 15.8. The number of halogens is 3. The Morgan fingerprint density at radius 1 is 0.939 bits per heavy atom. The van der Waals surface area contributed by atoms with Crippen molar-refractivity contribution in [2.24, 2.45) is 5.92 Å². The molecular formula is C24H24F3N5O. The van der Waals surface area contributed by atoms with Crippen LogP contribution in [0.25, 0.3) is 11.3 Å². The van der Waals surface area contributed by atoms with Crippen molar-refractivity contribution in [1.29, 1.82) is 0 Å². The molecule has 1 aromatic heterocycles. The predicted octanol–water partition coefficient (Wildman–Crippen LogP) is 6.04. The van der Waals surface area contributed by atoms with Crippen molar-refractivity contribution in [3.63, 3.8) is 0 Å². The molecule has 2 heterocycles. The number of carbonyl (C=O) groups is 1. The molecule has 172 valence electrons. The average molecular weight is 455 g/mol. The van der Waals surface area contributed by atoms with Gasteiger partial charge in [0.15, 0.2) is 5.82 Å². The van der Waals surface area contributed by atoms with Crippen molar-refractivity contribution in [3.8, 4) is 11.3 Å². The molecule has 9 heteroatoms. The van der Waals surface area contributed by atoms with Crippen LogP contribution < -0.4 is 15.5 Å². The van der Waals surface area contributed by atoms with E-state index in [9.17, 15) is 18.0 Å². The lowest BCUT2D eigenvalue weighted by atomic mass is 9.99. The van der Waals surface area contributed by atoms with Gasteiger partial charge in [0.2, 0.25) is 0 Å². The lowest BCUT2D eigenvalue weighted by molar-refractivity contribution is -0.137. The molecule has 1 fully saturated rings. The summed E-state index contributed by atoms with van der Waals surface area (Å²) in [7, 11) is 0. The third-order valence-electron chi connectivity index (χ3n) is 5.64. The number of carbonyl (C=O) groups excluding carboxylic acids is 1. The Balaban J connectivity index is 1.39. The van der Waals surface area contributed by atoms with Crippen LogP contribution >= 0.6 is 0 Å². The Labute approximate surface area is 189 Å². The molecule has 1 aliphatic rings. The first-order valence-electron chi connectivity index (χ1n) is 10.7. The second kappa shape index (κ2) is 9.48. The fourth-order valence-corrected chi connectivity index (χ4v) is 3.68. The summed E-state index contributed by atoms with van der Waals surface area (Å²) in [6.45, 7) is 4.21. The molecule has 0 atom stereocenters. The number of urea groups is 1. The van der Waals surface area contributed by atoms with Crippen LogP contribution in [-0.4, -0.2) is 29.3 Å². The average Bonchev–Trinajstić information content (AvgIpc) is 2.80. The number of anilines is 3. The van der Waals surface area contributed by atoms with Crippen molar-refractivity contribution in [3.05, 3.63) is 66.2 Å². The number of hydrogen-bond donors (Lipinski definition) is 2. The summed E-state index contributed by atoms with van der Waals surface area (Å²) in [5.41, 5.74) is 1.46. The standard InChI is InChI=1S/C24H24F3N5O/c1-16-11-13-32(14-12-16)22-10-9-21(30-31-22)17-3-2-4-20(15-17)29-23(33)28-19-7-5-18(6-8-19)24(25,26)27/h2-10,15-16H,11-14H2,1H3,(H2,28,29,33). The van der Waals surface area contributed by atoms with Gasteiger partial charge < -0.3 is 15.5 Å². The molecule has 0 unspecified atom stereocenters. The van der Waals surface area contributed by atoms with Crippen LogP contribution in [0.2, 0.25) is 0 Å². The topological polar surface area (TPSA) is 70.2 Å². The van der Waals surface area contributed by atoms with Crippen LogP contribution in [0.15, 0.2) is 60.7 Å². The summed E-state index contributed by atoms with van der Waals surface area (Å²) >= 11 is 0. The molecule has 33 heavy (non-hydrogen) atoms. The van der Waals surface area contributed by atoms with Gasteiger partial charge in [-0.25, -0.2) is 4.79 Å². The van der Waals surface area contributed by atoms with Gasteiger partial charge in [-0.1, -0.05) is 19.1 Å². The van der Waals surface area contributed by atoms with Crippen molar-refractivity contribution in [2.75, 3.05) is 28.6 Å². The van der Waals surface area contributed by atoms with E-state index in [-0.39, 0.29) is 5.69 Å². The van der Waals surface area contributed by atoms with Crippen molar-refractivity contribution in [2.45, 2.75) is 25.9 Å². The summed E-state index contributed by atoms with van der Waals surface area (Å²) < 4.78 is 38.0. The quantitative estimate of drug-likeness (QED) is 0.503. The van der Waals surface area contributed by atoms with E-state index in [4.69, 9.17) is 0 Å². The molecule has 1 aliphatic heterocycles. The third-order valence-corrected chi connectivity index (χ3v) is 5.64. The Kier molecular flexibility index (Phi) is 6.48. The first-order valence-corrected chi connectivity index (χ1v) is 10.7. The maximum absolute atomic E-state index is 12.7. The fraction of sp³-hybridized carbons (Fsp3) is 0.292. The SMILES string of the molecule is CC1CCN(c2ccc(-c3cccc(NC(=O)Nc4ccc(C(F)(F)F)cc4)c3)nn2)CC1. The zero-order valence-corrected chi connectivity index (χ0v) is 18.1. The number of amides is 2. The number of rotatable bonds is 4. The van der Waals surface area contributed by atoms with Gasteiger partial charge in [0.05, 0.1) is 11.3 Å². The second-order valence-corrected chi connectivity index (χ2v) is 8.18. The molecule has 1 saturated heterocycles. The number of nitrogens with one attached hydrogen (secondary N) is 2. The Morgan fingerprint density at radius 3 is 2.27 bits per heavy atom. The number of alkyl halides is 3. The monoisotopic (exact) mass is 455 g/mol. The van der Waals surface area contributed by atoms with Gasteiger partial charge in [0.25, 0.3) is 0 Å². The molecule has 2 amide bonds. The minimum atomic E-state index is -4.42. The van der Waals surface area contributed by atoms with Crippen LogP contribution in [0.3, 0.4) is 0 Å². The molecule has 6 nitrogen and oxygen atoms in total. The van der Waals surface area contributed by atoms with Crippen molar-refractivity contribution in [1.82, 2.24) is 10.2 Å². The highest BCUT2D eigenvalue weighted by Gasteiger charge is 2.30. The van der Waals surface area contributed by atoms with Gasteiger partial charge in [0, 0.05) is 30.0 Å². The van der Waals surface area contributed by atoms with E-state index >= 15 is 0 Å². The molecule has 3 aromatic rings. The van der Waals surface area contributed by atoms with E-state index in [1.807, 2.05) is 18.2 Å². The Hall–Kier alpha value is -3.62. The molecule has 4 rings (SSSR count). The van der Waals surface area contributed by atoms with E-state index < -0.39 is 17.8 Å². The highest BCUT2D eigenvalue weighted by Crippen LogP contribution is 2.30. The summed E-state index contributed by atoms with van der Waals surface area (Å²) in [4.78, 5) is 14.5. The number of aromatic nitrogens is 2. The van der Waals surface area contributed by atoms with Gasteiger partial charge in [0.1, 0.15) is 0 Å². The molecule has 2 N–H and O–H groups in total. The van der Waals surface area contributed by atoms with Gasteiger partial charge >= 0.3 is 12.2 Å². The van der Waals surface area contributed by atoms with Gasteiger partial charge in [-0.05, 0) is 67.3 Å². The van der Waals surface area contributed by atoms with E-state index in [1.54, 1.807) is 18.2 Å².